The predicted molar refractivity (Wildman–Crippen MR) is 123 cm³/mol. The molecule has 0 atom stereocenters. The van der Waals surface area contributed by atoms with Gasteiger partial charge in [-0.05, 0) is 30.5 Å². The van der Waals surface area contributed by atoms with Crippen LogP contribution >= 0.6 is 23.1 Å². The number of aromatic nitrogens is 2. The zero-order chi connectivity index (χ0) is 22.3. The largest absolute Gasteiger partial charge is 0.356 e. The lowest BCUT2D eigenvalue weighted by Gasteiger charge is -2.35. The topological polar surface area (TPSA) is 81.7 Å². The van der Waals surface area contributed by atoms with Crippen LogP contribution in [0.15, 0.2) is 28.6 Å². The van der Waals surface area contributed by atoms with E-state index < -0.39 is 0 Å². The molecule has 2 aliphatic rings. The van der Waals surface area contributed by atoms with E-state index in [2.05, 4.69) is 20.4 Å². The smallest absolute Gasteiger partial charge is 0.236 e. The summed E-state index contributed by atoms with van der Waals surface area (Å²) in [5.74, 6) is 0.346. The van der Waals surface area contributed by atoms with Gasteiger partial charge in [-0.1, -0.05) is 35.2 Å². The van der Waals surface area contributed by atoms with E-state index in [1.807, 2.05) is 9.80 Å². The van der Waals surface area contributed by atoms with Gasteiger partial charge in [-0.2, -0.15) is 0 Å². The summed E-state index contributed by atoms with van der Waals surface area (Å²) in [5.41, 5.74) is 0.951. The van der Waals surface area contributed by atoms with Gasteiger partial charge in [0, 0.05) is 45.8 Å². The Balaban J connectivity index is 1.15. The highest BCUT2D eigenvalue weighted by atomic mass is 32.2. The Labute approximate surface area is 195 Å². The quantitative estimate of drug-likeness (QED) is 0.582. The van der Waals surface area contributed by atoms with Crippen molar-refractivity contribution >= 4 is 40.0 Å². The van der Waals surface area contributed by atoms with Gasteiger partial charge in [0.2, 0.25) is 16.9 Å². The van der Waals surface area contributed by atoms with Crippen molar-refractivity contribution in [2.24, 2.45) is 0 Å². The Morgan fingerprint density at radius 3 is 2.38 bits per heavy atom. The van der Waals surface area contributed by atoms with Crippen LogP contribution in [-0.4, -0.2) is 88.3 Å². The highest BCUT2D eigenvalue weighted by Gasteiger charge is 2.25. The van der Waals surface area contributed by atoms with Gasteiger partial charge >= 0.3 is 0 Å². The SMILES string of the molecule is O=C(CSc1nnc(NCc2ccc(F)cc2)s1)N1CCN(CC(=O)N2CCCC2)CC1. The van der Waals surface area contributed by atoms with Crippen molar-refractivity contribution in [3.63, 3.8) is 0 Å². The van der Waals surface area contributed by atoms with E-state index >= 15 is 0 Å². The number of carbonyl (C=O) groups excluding carboxylic acids is 2. The van der Waals surface area contributed by atoms with E-state index in [1.54, 1.807) is 12.1 Å². The minimum absolute atomic E-state index is 0.0801. The molecule has 0 bridgehead atoms. The molecule has 0 aliphatic carbocycles. The van der Waals surface area contributed by atoms with Crippen LogP contribution in [0.5, 0.6) is 0 Å². The number of thioether (sulfide) groups is 1. The molecule has 0 radical (unpaired) electrons. The van der Waals surface area contributed by atoms with Crippen LogP contribution in [0.2, 0.25) is 0 Å². The van der Waals surface area contributed by atoms with Gasteiger partial charge < -0.3 is 15.1 Å². The minimum Gasteiger partial charge on any atom is -0.356 e. The first-order valence-corrected chi connectivity index (χ1v) is 12.6. The molecular weight excluding hydrogens is 451 g/mol. The van der Waals surface area contributed by atoms with Gasteiger partial charge in [0.25, 0.3) is 0 Å². The Kier molecular flexibility index (Phi) is 7.93. The number of halogens is 1. The fourth-order valence-corrected chi connectivity index (χ4v) is 5.40. The molecule has 8 nitrogen and oxygen atoms in total. The van der Waals surface area contributed by atoms with E-state index in [0.29, 0.717) is 37.1 Å². The van der Waals surface area contributed by atoms with Crippen LogP contribution in [0, 0.1) is 5.82 Å². The molecule has 4 rings (SSSR count). The fraction of sp³-hybridized carbons (Fsp3) is 0.524. The standard InChI is InChI=1S/C21H27FN6O2S2/c22-17-5-3-16(4-6-17)13-23-20-24-25-21(32-20)31-15-19(30)28-11-9-26(10-12-28)14-18(29)27-7-1-2-8-27/h3-6H,1-2,7-15H2,(H,23,24). The summed E-state index contributed by atoms with van der Waals surface area (Å²) >= 11 is 2.78. The number of amides is 2. The minimum atomic E-state index is -0.259. The van der Waals surface area contributed by atoms with Crippen LogP contribution in [0.3, 0.4) is 0 Å². The molecule has 2 aromatic rings. The molecule has 0 saturated carbocycles. The van der Waals surface area contributed by atoms with Gasteiger partial charge in [-0.3, -0.25) is 14.5 Å². The molecule has 0 unspecified atom stereocenters. The number of benzene rings is 1. The number of nitrogens with zero attached hydrogens (tertiary/aromatic N) is 5. The average molecular weight is 479 g/mol. The van der Waals surface area contributed by atoms with Gasteiger partial charge in [0.05, 0.1) is 12.3 Å². The first-order valence-electron chi connectivity index (χ1n) is 10.8. The molecule has 2 aliphatic heterocycles. The molecule has 2 amide bonds. The highest BCUT2D eigenvalue weighted by Crippen LogP contribution is 2.26. The van der Waals surface area contributed by atoms with E-state index in [-0.39, 0.29) is 17.6 Å². The van der Waals surface area contributed by atoms with Crippen molar-refractivity contribution in [1.29, 1.82) is 0 Å². The van der Waals surface area contributed by atoms with Crippen molar-refractivity contribution in [2.75, 3.05) is 56.9 Å². The second-order valence-electron chi connectivity index (χ2n) is 7.89. The van der Waals surface area contributed by atoms with Crippen LogP contribution < -0.4 is 5.32 Å². The van der Waals surface area contributed by atoms with Gasteiger partial charge in [-0.15, -0.1) is 10.2 Å². The van der Waals surface area contributed by atoms with Crippen LogP contribution in [0.25, 0.3) is 0 Å². The molecule has 1 N–H and O–H groups in total. The normalized spacial score (nSPS) is 17.0. The molecule has 1 aromatic heterocycles. The molecule has 2 saturated heterocycles. The van der Waals surface area contributed by atoms with E-state index in [9.17, 15) is 14.0 Å². The van der Waals surface area contributed by atoms with Crippen molar-refractivity contribution in [2.45, 2.75) is 23.7 Å². The zero-order valence-corrected chi connectivity index (χ0v) is 19.5. The fourth-order valence-electron chi connectivity index (χ4n) is 3.75. The van der Waals surface area contributed by atoms with Crippen LogP contribution in [0.4, 0.5) is 9.52 Å². The highest BCUT2D eigenvalue weighted by molar-refractivity contribution is 8.01. The van der Waals surface area contributed by atoms with Crippen molar-refractivity contribution in [3.05, 3.63) is 35.6 Å². The lowest BCUT2D eigenvalue weighted by molar-refractivity contribution is -0.133. The number of nitrogens with one attached hydrogen (secondary N) is 1. The Bertz CT molecular complexity index is 911. The summed E-state index contributed by atoms with van der Waals surface area (Å²) < 4.78 is 13.7. The summed E-state index contributed by atoms with van der Waals surface area (Å²) in [6.45, 7) is 5.49. The number of likely N-dealkylation sites (tertiary alicyclic amines) is 1. The third-order valence-corrected chi connectivity index (χ3v) is 7.62. The molecule has 0 spiro atoms. The third kappa shape index (κ3) is 6.39. The zero-order valence-electron chi connectivity index (χ0n) is 17.8. The van der Waals surface area contributed by atoms with Crippen molar-refractivity contribution < 1.29 is 14.0 Å². The first-order chi connectivity index (χ1) is 15.6. The van der Waals surface area contributed by atoms with Crippen molar-refractivity contribution in [3.8, 4) is 0 Å². The monoisotopic (exact) mass is 478 g/mol. The number of hydrogen-bond acceptors (Lipinski definition) is 8. The molecular formula is C21H27FN6O2S2. The van der Waals surface area contributed by atoms with Crippen LogP contribution in [-0.2, 0) is 16.1 Å². The molecule has 2 fully saturated rings. The average Bonchev–Trinajstić information content (AvgIpc) is 3.50. The third-order valence-electron chi connectivity index (χ3n) is 5.63. The summed E-state index contributed by atoms with van der Waals surface area (Å²) in [4.78, 5) is 30.8. The number of rotatable bonds is 8. The Hall–Kier alpha value is -2.24. The molecule has 11 heteroatoms. The van der Waals surface area contributed by atoms with Gasteiger partial charge in [0.1, 0.15) is 5.82 Å². The summed E-state index contributed by atoms with van der Waals surface area (Å²) in [7, 11) is 0. The summed E-state index contributed by atoms with van der Waals surface area (Å²) in [5, 5.41) is 12.1. The number of carbonyl (C=O) groups is 2. The second kappa shape index (κ2) is 11.1. The van der Waals surface area contributed by atoms with Crippen molar-refractivity contribution in [1.82, 2.24) is 24.9 Å². The maximum Gasteiger partial charge on any atom is 0.236 e. The maximum atomic E-state index is 13.0. The molecule has 1 aromatic carbocycles. The second-order valence-corrected chi connectivity index (χ2v) is 10.1. The van der Waals surface area contributed by atoms with Crippen LogP contribution in [0.1, 0.15) is 18.4 Å². The van der Waals surface area contributed by atoms with E-state index in [0.717, 1.165) is 48.9 Å². The first kappa shape index (κ1) is 22.9. The lowest BCUT2D eigenvalue weighted by Crippen LogP contribution is -2.51. The lowest BCUT2D eigenvalue weighted by atomic mass is 10.2. The Morgan fingerprint density at radius 2 is 1.66 bits per heavy atom. The summed E-state index contributed by atoms with van der Waals surface area (Å²) in [6, 6.07) is 6.30. The molecule has 32 heavy (non-hydrogen) atoms. The van der Waals surface area contributed by atoms with Gasteiger partial charge in [0.15, 0.2) is 4.34 Å². The number of hydrogen-bond donors (Lipinski definition) is 1. The summed E-state index contributed by atoms with van der Waals surface area (Å²) in [6.07, 6.45) is 2.21. The molecule has 3 heterocycles. The number of piperazine rings is 1. The predicted octanol–water partition coefficient (Wildman–Crippen LogP) is 2.15. The number of anilines is 1. The van der Waals surface area contributed by atoms with Gasteiger partial charge in [-0.25, -0.2) is 4.39 Å². The van der Waals surface area contributed by atoms with E-state index in [4.69, 9.17) is 0 Å². The van der Waals surface area contributed by atoms with E-state index in [1.165, 1.54) is 35.2 Å². The molecule has 172 valence electrons. The maximum absolute atomic E-state index is 13.0. The Morgan fingerprint density at radius 1 is 0.969 bits per heavy atom.